The topological polar surface area (TPSA) is 104 Å². The normalized spacial score (nSPS) is 20.0. The van der Waals surface area contributed by atoms with Gasteiger partial charge >= 0.3 is 0 Å². The lowest BCUT2D eigenvalue weighted by molar-refractivity contribution is -0.136. The van der Waals surface area contributed by atoms with E-state index >= 15 is 0 Å². The number of fused-ring (bicyclic) bond motifs is 1. The average molecular weight is 540 g/mol. The van der Waals surface area contributed by atoms with Gasteiger partial charge in [0.25, 0.3) is 11.5 Å². The third kappa shape index (κ3) is 5.16. The van der Waals surface area contributed by atoms with Gasteiger partial charge in [-0.15, -0.1) is 0 Å². The maximum atomic E-state index is 13.0. The molecular formula is C31H33N5O4. The van der Waals surface area contributed by atoms with Crippen LogP contribution in [0.25, 0.3) is 0 Å². The van der Waals surface area contributed by atoms with E-state index < -0.39 is 6.04 Å². The van der Waals surface area contributed by atoms with Gasteiger partial charge in [-0.05, 0) is 85.3 Å². The van der Waals surface area contributed by atoms with E-state index in [0.29, 0.717) is 30.1 Å². The summed E-state index contributed by atoms with van der Waals surface area (Å²) in [6.07, 6.45) is 4.43. The van der Waals surface area contributed by atoms with E-state index in [-0.39, 0.29) is 29.7 Å². The second-order valence-electron chi connectivity index (χ2n) is 11.0. The molecule has 9 nitrogen and oxygen atoms in total. The van der Waals surface area contributed by atoms with Crippen LogP contribution < -0.4 is 16.2 Å². The summed E-state index contributed by atoms with van der Waals surface area (Å²) < 4.78 is 1.56. The minimum absolute atomic E-state index is 0.0606. The van der Waals surface area contributed by atoms with Crippen molar-refractivity contribution >= 4 is 29.1 Å². The molecular weight excluding hydrogens is 506 g/mol. The lowest BCUT2D eigenvalue weighted by Gasteiger charge is -2.32. The minimum atomic E-state index is -0.587. The van der Waals surface area contributed by atoms with Gasteiger partial charge in [0.05, 0.1) is 0 Å². The Hall–Kier alpha value is -4.24. The van der Waals surface area contributed by atoms with E-state index in [4.69, 9.17) is 0 Å². The van der Waals surface area contributed by atoms with E-state index in [2.05, 4.69) is 39.8 Å². The third-order valence-electron chi connectivity index (χ3n) is 8.34. The number of carbonyl (C=O) groups is 3. The maximum Gasteiger partial charge on any atom is 0.273 e. The van der Waals surface area contributed by atoms with Gasteiger partial charge in [0.1, 0.15) is 11.7 Å². The van der Waals surface area contributed by atoms with Crippen LogP contribution >= 0.6 is 0 Å². The Morgan fingerprint density at radius 3 is 2.58 bits per heavy atom. The van der Waals surface area contributed by atoms with E-state index in [1.807, 2.05) is 24.3 Å². The first-order chi connectivity index (χ1) is 19.4. The molecule has 40 heavy (non-hydrogen) atoms. The number of benzene rings is 2. The highest BCUT2D eigenvalue weighted by atomic mass is 16.2. The fourth-order valence-electron chi connectivity index (χ4n) is 6.13. The molecule has 2 N–H and O–H groups in total. The molecule has 206 valence electrons. The summed E-state index contributed by atoms with van der Waals surface area (Å²) in [4.78, 5) is 53.3. The van der Waals surface area contributed by atoms with E-state index in [1.165, 1.54) is 11.1 Å². The standard InChI is InChI=1S/C31H33N5O4/c1-34-13-3-6-26(31(34)40)32-24-5-2-4-20(16-24)18-35-14-11-21(12-15-35)22-7-8-25-23(17-22)19-36(30(25)39)27-9-10-28(37)33-29(27)38/h2-8,13,16-17,21,27,32H,9-12,14-15,18-19H2,1H3,(H,33,37,38). The van der Waals surface area contributed by atoms with Crippen molar-refractivity contribution in [3.63, 3.8) is 0 Å². The molecule has 4 heterocycles. The summed E-state index contributed by atoms with van der Waals surface area (Å²) in [5.41, 5.74) is 5.45. The van der Waals surface area contributed by atoms with Crippen molar-refractivity contribution in [2.45, 2.75) is 50.7 Å². The lowest BCUT2D eigenvalue weighted by Crippen LogP contribution is -2.52. The molecule has 0 spiro atoms. The van der Waals surface area contributed by atoms with Crippen molar-refractivity contribution in [2.24, 2.45) is 7.05 Å². The smallest absolute Gasteiger partial charge is 0.273 e. The highest BCUT2D eigenvalue weighted by Gasteiger charge is 2.39. The molecule has 9 heteroatoms. The number of hydrogen-bond donors (Lipinski definition) is 2. The summed E-state index contributed by atoms with van der Waals surface area (Å²) in [5.74, 6) is -0.364. The number of aryl methyl sites for hydroxylation is 1. The van der Waals surface area contributed by atoms with Crippen LogP contribution in [0.15, 0.2) is 65.6 Å². The molecule has 1 atom stereocenters. The number of nitrogens with zero attached hydrogens (tertiary/aromatic N) is 3. The Morgan fingerprint density at radius 1 is 0.950 bits per heavy atom. The quantitative estimate of drug-likeness (QED) is 0.466. The van der Waals surface area contributed by atoms with Crippen LogP contribution in [0.2, 0.25) is 0 Å². The monoisotopic (exact) mass is 539 g/mol. The largest absolute Gasteiger partial charge is 0.351 e. The van der Waals surface area contributed by atoms with Crippen LogP contribution in [0.1, 0.15) is 58.6 Å². The van der Waals surface area contributed by atoms with Crippen molar-refractivity contribution in [3.05, 3.63) is 93.4 Å². The predicted octanol–water partition coefficient (Wildman–Crippen LogP) is 3.27. The number of rotatable bonds is 6. The number of likely N-dealkylation sites (tertiary alicyclic amines) is 1. The second-order valence-corrected chi connectivity index (χ2v) is 11.0. The molecule has 3 aromatic rings. The van der Waals surface area contributed by atoms with Crippen molar-refractivity contribution in [1.82, 2.24) is 19.7 Å². The van der Waals surface area contributed by atoms with Gasteiger partial charge in [-0.25, -0.2) is 0 Å². The van der Waals surface area contributed by atoms with Gasteiger partial charge in [-0.2, -0.15) is 0 Å². The number of imide groups is 1. The maximum absolute atomic E-state index is 13.0. The number of hydrogen-bond acceptors (Lipinski definition) is 6. The first-order valence-electron chi connectivity index (χ1n) is 13.9. The van der Waals surface area contributed by atoms with Gasteiger partial charge in [-0.3, -0.25) is 29.4 Å². The van der Waals surface area contributed by atoms with Crippen LogP contribution in [-0.4, -0.2) is 51.2 Å². The number of anilines is 2. The predicted molar refractivity (Wildman–Crippen MR) is 151 cm³/mol. The van der Waals surface area contributed by atoms with E-state index in [0.717, 1.165) is 43.7 Å². The van der Waals surface area contributed by atoms with Gasteiger partial charge < -0.3 is 14.8 Å². The number of amides is 3. The molecule has 0 bridgehead atoms. The first-order valence-corrected chi connectivity index (χ1v) is 13.9. The van der Waals surface area contributed by atoms with Gasteiger partial charge in [0, 0.05) is 44.0 Å². The Morgan fingerprint density at radius 2 is 1.77 bits per heavy atom. The number of carbonyl (C=O) groups excluding carboxylic acids is 3. The summed E-state index contributed by atoms with van der Waals surface area (Å²) in [6.45, 7) is 3.20. The summed E-state index contributed by atoms with van der Waals surface area (Å²) in [6, 6.07) is 17.4. The second kappa shape index (κ2) is 10.7. The Labute approximate surface area is 232 Å². The number of pyridine rings is 1. The van der Waals surface area contributed by atoms with Crippen molar-refractivity contribution in [3.8, 4) is 0 Å². The van der Waals surface area contributed by atoms with Crippen molar-refractivity contribution < 1.29 is 14.4 Å². The van der Waals surface area contributed by atoms with Crippen LogP contribution in [0.5, 0.6) is 0 Å². The molecule has 1 unspecified atom stereocenters. The van der Waals surface area contributed by atoms with Gasteiger partial charge in [-0.1, -0.05) is 24.3 Å². The molecule has 2 saturated heterocycles. The molecule has 0 saturated carbocycles. The molecule has 3 amide bonds. The Bertz CT molecular complexity index is 1540. The van der Waals surface area contributed by atoms with Crippen LogP contribution in [0.4, 0.5) is 11.4 Å². The first kappa shape index (κ1) is 26.0. The highest BCUT2D eigenvalue weighted by Crippen LogP contribution is 2.34. The van der Waals surface area contributed by atoms with Crippen LogP contribution in [0.3, 0.4) is 0 Å². The van der Waals surface area contributed by atoms with Gasteiger partial charge in [0.2, 0.25) is 11.8 Å². The van der Waals surface area contributed by atoms with Crippen LogP contribution in [0, 0.1) is 0 Å². The molecule has 2 aromatic carbocycles. The zero-order valence-corrected chi connectivity index (χ0v) is 22.6. The fraction of sp³-hybridized carbons (Fsp3) is 0.355. The molecule has 1 aromatic heterocycles. The Kier molecular flexibility index (Phi) is 6.98. The van der Waals surface area contributed by atoms with Crippen molar-refractivity contribution in [1.29, 1.82) is 0 Å². The third-order valence-corrected chi connectivity index (χ3v) is 8.34. The highest BCUT2D eigenvalue weighted by molar-refractivity contribution is 6.05. The van der Waals surface area contributed by atoms with E-state index in [9.17, 15) is 19.2 Å². The molecule has 2 fully saturated rings. The average Bonchev–Trinajstić information content (AvgIpc) is 3.27. The number of nitrogens with one attached hydrogen (secondary N) is 2. The SMILES string of the molecule is Cn1cccc(Nc2cccc(CN3CCC(c4ccc5c(c4)CN(C4CCC(=O)NC4=O)C5=O)CC3)c2)c1=O. The lowest BCUT2D eigenvalue weighted by atomic mass is 9.87. The molecule has 6 rings (SSSR count). The summed E-state index contributed by atoms with van der Waals surface area (Å²) in [7, 11) is 1.74. The zero-order valence-electron chi connectivity index (χ0n) is 22.6. The number of aromatic nitrogens is 1. The molecule has 0 radical (unpaired) electrons. The van der Waals surface area contributed by atoms with Gasteiger partial charge in [0.15, 0.2) is 0 Å². The Balaban J connectivity index is 1.06. The molecule has 3 aliphatic heterocycles. The van der Waals surface area contributed by atoms with Crippen LogP contribution in [-0.2, 0) is 29.7 Å². The fourth-order valence-corrected chi connectivity index (χ4v) is 6.13. The number of piperidine rings is 2. The summed E-state index contributed by atoms with van der Waals surface area (Å²) >= 11 is 0. The van der Waals surface area contributed by atoms with Crippen molar-refractivity contribution in [2.75, 3.05) is 18.4 Å². The summed E-state index contributed by atoms with van der Waals surface area (Å²) in [5, 5.41) is 5.62. The van der Waals surface area contributed by atoms with E-state index in [1.54, 1.807) is 28.8 Å². The minimum Gasteiger partial charge on any atom is -0.351 e. The molecule has 0 aliphatic carbocycles. The zero-order chi connectivity index (χ0) is 27.8. The molecule has 3 aliphatic rings.